The molecular formula is C17H21N3O2S. The van der Waals surface area contributed by atoms with Gasteiger partial charge in [0, 0.05) is 11.3 Å². The Kier molecular flexibility index (Phi) is 3.71. The van der Waals surface area contributed by atoms with Gasteiger partial charge in [-0.15, -0.1) is 11.3 Å². The van der Waals surface area contributed by atoms with Crippen LogP contribution in [0.3, 0.4) is 0 Å². The number of rotatable bonds is 4. The van der Waals surface area contributed by atoms with E-state index >= 15 is 0 Å². The van der Waals surface area contributed by atoms with E-state index in [-0.39, 0.29) is 11.5 Å². The second-order valence-electron chi connectivity index (χ2n) is 6.88. The normalized spacial score (nSPS) is 26.0. The molecule has 5 nitrogen and oxygen atoms in total. The zero-order valence-electron chi connectivity index (χ0n) is 13.2. The van der Waals surface area contributed by atoms with E-state index in [0.29, 0.717) is 23.6 Å². The number of carbonyl (C=O) groups excluding carboxylic acids is 1. The average Bonchev–Trinajstić information content (AvgIpc) is 3.24. The largest absolute Gasteiger partial charge is 0.280 e. The Morgan fingerprint density at radius 3 is 3.00 bits per heavy atom. The number of aryl methyl sites for hydroxylation is 1. The van der Waals surface area contributed by atoms with Crippen LogP contribution < -0.4 is 11.0 Å². The fraction of sp³-hybridized carbons (Fsp3) is 0.588. The summed E-state index contributed by atoms with van der Waals surface area (Å²) < 4.78 is 1.24. The third-order valence-corrected chi connectivity index (χ3v) is 6.62. The molecule has 2 heterocycles. The van der Waals surface area contributed by atoms with E-state index in [0.717, 1.165) is 22.0 Å². The first-order valence-corrected chi connectivity index (χ1v) is 9.25. The van der Waals surface area contributed by atoms with E-state index in [4.69, 9.17) is 0 Å². The molecule has 1 amide bonds. The molecule has 23 heavy (non-hydrogen) atoms. The first-order valence-electron chi connectivity index (χ1n) is 8.44. The van der Waals surface area contributed by atoms with E-state index < -0.39 is 0 Å². The summed E-state index contributed by atoms with van der Waals surface area (Å²) in [4.78, 5) is 30.9. The summed E-state index contributed by atoms with van der Waals surface area (Å²) in [5, 5.41) is 0.592. The van der Waals surface area contributed by atoms with Crippen LogP contribution in [0.15, 0.2) is 17.2 Å². The van der Waals surface area contributed by atoms with Crippen molar-refractivity contribution >= 4 is 27.5 Å². The molecule has 2 aliphatic carbocycles. The van der Waals surface area contributed by atoms with Gasteiger partial charge in [0.1, 0.15) is 11.2 Å². The highest BCUT2D eigenvalue weighted by Crippen LogP contribution is 2.49. The maximum atomic E-state index is 12.5. The molecular weight excluding hydrogens is 310 g/mol. The highest BCUT2D eigenvalue weighted by atomic mass is 32.1. The molecule has 2 bridgehead atoms. The lowest BCUT2D eigenvalue weighted by molar-refractivity contribution is -0.118. The Bertz CT molecular complexity index is 810. The fourth-order valence-corrected chi connectivity index (χ4v) is 5.20. The summed E-state index contributed by atoms with van der Waals surface area (Å²) in [7, 11) is 0. The molecule has 0 aromatic carbocycles. The van der Waals surface area contributed by atoms with Crippen LogP contribution >= 0.6 is 11.3 Å². The fourth-order valence-electron chi connectivity index (χ4n) is 4.27. The van der Waals surface area contributed by atoms with Crippen molar-refractivity contribution in [2.45, 2.75) is 45.4 Å². The van der Waals surface area contributed by atoms with E-state index in [1.807, 2.05) is 6.07 Å². The molecule has 0 radical (unpaired) electrons. The van der Waals surface area contributed by atoms with Gasteiger partial charge in [-0.3, -0.25) is 15.0 Å². The van der Waals surface area contributed by atoms with Crippen LogP contribution in [0.2, 0.25) is 0 Å². The number of thiophene rings is 1. The molecule has 6 heteroatoms. The van der Waals surface area contributed by atoms with Crippen molar-refractivity contribution in [3.8, 4) is 0 Å². The topological polar surface area (TPSA) is 64.0 Å². The van der Waals surface area contributed by atoms with Crippen molar-refractivity contribution in [3.63, 3.8) is 0 Å². The van der Waals surface area contributed by atoms with Crippen molar-refractivity contribution < 1.29 is 4.79 Å². The van der Waals surface area contributed by atoms with Gasteiger partial charge < -0.3 is 0 Å². The number of nitrogens with one attached hydrogen (secondary N) is 1. The molecule has 1 N–H and O–H groups in total. The number of nitrogens with zero attached hydrogens (tertiary/aromatic N) is 2. The molecule has 4 rings (SSSR count). The molecule has 122 valence electrons. The SMILES string of the molecule is CCc1cc2c(=O)n(NC(=O)CC3CC4CCC3C4)cnc2s1. The van der Waals surface area contributed by atoms with Crippen molar-refractivity contribution in [3.05, 3.63) is 27.6 Å². The molecule has 2 aromatic rings. The van der Waals surface area contributed by atoms with E-state index in [1.165, 1.54) is 48.0 Å². The average molecular weight is 331 g/mol. The van der Waals surface area contributed by atoms with E-state index in [2.05, 4.69) is 17.3 Å². The highest BCUT2D eigenvalue weighted by molar-refractivity contribution is 7.18. The Morgan fingerprint density at radius 2 is 2.30 bits per heavy atom. The van der Waals surface area contributed by atoms with Crippen LogP contribution in [0.1, 0.15) is 43.9 Å². The zero-order chi connectivity index (χ0) is 16.0. The predicted octanol–water partition coefficient (Wildman–Crippen LogP) is 2.92. The number of amides is 1. The minimum atomic E-state index is -0.188. The summed E-state index contributed by atoms with van der Waals surface area (Å²) in [5.74, 6) is 1.97. The summed E-state index contributed by atoms with van der Waals surface area (Å²) in [6.07, 6.45) is 7.91. The molecule has 3 atom stereocenters. The molecule has 2 aliphatic rings. The Labute approximate surface area is 138 Å². The Balaban J connectivity index is 1.49. The van der Waals surface area contributed by atoms with Crippen molar-refractivity contribution in [1.29, 1.82) is 0 Å². The quantitative estimate of drug-likeness (QED) is 0.937. The summed E-state index contributed by atoms with van der Waals surface area (Å²) in [6, 6.07) is 1.88. The summed E-state index contributed by atoms with van der Waals surface area (Å²) in [6.45, 7) is 2.06. The van der Waals surface area contributed by atoms with Crippen LogP contribution in [0, 0.1) is 17.8 Å². The van der Waals surface area contributed by atoms with Crippen molar-refractivity contribution in [2.75, 3.05) is 5.43 Å². The molecule has 0 saturated heterocycles. The third kappa shape index (κ3) is 2.69. The molecule has 2 fully saturated rings. The van der Waals surface area contributed by atoms with Crippen LogP contribution in [-0.4, -0.2) is 15.6 Å². The first kappa shape index (κ1) is 14.9. The number of hydrogen-bond donors (Lipinski definition) is 1. The molecule has 2 saturated carbocycles. The lowest BCUT2D eigenvalue weighted by Gasteiger charge is -2.21. The first-order chi connectivity index (χ1) is 11.1. The Hall–Kier alpha value is -1.69. The van der Waals surface area contributed by atoms with Gasteiger partial charge in [-0.05, 0) is 49.5 Å². The summed E-state index contributed by atoms with van der Waals surface area (Å²) >= 11 is 1.54. The van der Waals surface area contributed by atoms with Gasteiger partial charge in [-0.1, -0.05) is 13.3 Å². The molecule has 0 spiro atoms. The van der Waals surface area contributed by atoms with Crippen LogP contribution in [0.25, 0.3) is 10.2 Å². The Morgan fingerprint density at radius 1 is 1.43 bits per heavy atom. The molecule has 3 unspecified atom stereocenters. The number of carbonyl (C=O) groups is 1. The predicted molar refractivity (Wildman–Crippen MR) is 91.2 cm³/mol. The number of aromatic nitrogens is 2. The van der Waals surface area contributed by atoms with Gasteiger partial charge in [-0.25, -0.2) is 9.66 Å². The van der Waals surface area contributed by atoms with E-state index in [1.54, 1.807) is 0 Å². The molecule has 0 aliphatic heterocycles. The van der Waals surface area contributed by atoms with Gasteiger partial charge in [-0.2, -0.15) is 0 Å². The molecule has 2 aromatic heterocycles. The van der Waals surface area contributed by atoms with Gasteiger partial charge in [0.2, 0.25) is 5.91 Å². The van der Waals surface area contributed by atoms with E-state index in [9.17, 15) is 9.59 Å². The maximum absolute atomic E-state index is 12.5. The second-order valence-corrected chi connectivity index (χ2v) is 7.99. The zero-order valence-corrected chi connectivity index (χ0v) is 14.1. The number of hydrogen-bond acceptors (Lipinski definition) is 4. The van der Waals surface area contributed by atoms with Crippen LogP contribution in [0.5, 0.6) is 0 Å². The minimum absolute atomic E-state index is 0.0725. The lowest BCUT2D eigenvalue weighted by Crippen LogP contribution is -2.34. The lowest BCUT2D eigenvalue weighted by atomic mass is 9.86. The standard InChI is InChI=1S/C17H21N3O2S/c1-2-13-8-14-16(23-13)18-9-20(17(14)22)19-15(21)7-12-6-10-3-4-11(12)5-10/h8-12H,2-7H2,1H3,(H,19,21). The van der Waals surface area contributed by atoms with Crippen molar-refractivity contribution in [2.24, 2.45) is 17.8 Å². The van der Waals surface area contributed by atoms with Gasteiger partial charge in [0.15, 0.2) is 0 Å². The number of fused-ring (bicyclic) bond motifs is 3. The highest BCUT2D eigenvalue weighted by Gasteiger charge is 2.40. The van der Waals surface area contributed by atoms with Gasteiger partial charge >= 0.3 is 0 Å². The van der Waals surface area contributed by atoms with Gasteiger partial charge in [0.25, 0.3) is 5.56 Å². The smallest absolute Gasteiger partial charge is 0.273 e. The minimum Gasteiger partial charge on any atom is -0.273 e. The van der Waals surface area contributed by atoms with Gasteiger partial charge in [0.05, 0.1) is 5.39 Å². The maximum Gasteiger partial charge on any atom is 0.280 e. The van der Waals surface area contributed by atoms with Crippen LogP contribution in [-0.2, 0) is 11.2 Å². The summed E-state index contributed by atoms with van der Waals surface area (Å²) in [5.41, 5.74) is 2.54. The van der Waals surface area contributed by atoms with Crippen LogP contribution in [0.4, 0.5) is 0 Å². The van der Waals surface area contributed by atoms with Crippen molar-refractivity contribution in [1.82, 2.24) is 9.66 Å². The second kappa shape index (κ2) is 5.74. The monoisotopic (exact) mass is 331 g/mol. The third-order valence-electron chi connectivity index (χ3n) is 5.43.